The minimum absolute atomic E-state index is 0.422. The maximum Gasteiger partial charge on any atom is 0.430 e. The Morgan fingerprint density at radius 1 is 0.843 bits per heavy atom. The van der Waals surface area contributed by atoms with E-state index in [1.165, 1.54) is 64.7 Å². The topological polar surface area (TPSA) is 150 Å². The summed E-state index contributed by atoms with van der Waals surface area (Å²) in [6.07, 6.45) is -0.193. The summed E-state index contributed by atoms with van der Waals surface area (Å²) in [5.74, 6) is -1.70. The number of quaternary nitrogens is 2. The van der Waals surface area contributed by atoms with Gasteiger partial charge in [0, 0.05) is 23.4 Å². The van der Waals surface area contributed by atoms with Crippen molar-refractivity contribution in [3.8, 4) is 11.5 Å². The molecule has 4 N–H and O–H groups in total. The first-order chi connectivity index (χ1) is 24.1. The zero-order valence-corrected chi connectivity index (χ0v) is 28.7. The van der Waals surface area contributed by atoms with Crippen LogP contribution in [-0.4, -0.2) is 66.6 Å². The molecule has 0 radical (unpaired) electrons. The number of carbonyl (C=O) groups is 2. The number of carbonyl (C=O) groups excluding carboxylic acids is 2. The Morgan fingerprint density at radius 3 is 1.90 bits per heavy atom. The summed E-state index contributed by atoms with van der Waals surface area (Å²) in [4.78, 5) is 22.6. The molecule has 2 saturated heterocycles. The fourth-order valence-corrected chi connectivity index (χ4v) is 6.11. The summed E-state index contributed by atoms with van der Waals surface area (Å²) in [6.45, 7) is 7.25. The SMILES string of the molecule is Clc1ccc(OCc2nc3c(OCCC[C@@H]4CCC[NH2+]C4)cccc3n2CCC[C@H]2CCC[NH2+]C2)cc1.O=C([O-])C(F)(F)F.O=C([O-])C(F)(F)F. The summed E-state index contributed by atoms with van der Waals surface area (Å²) in [5.41, 5.74) is 2.10. The standard InChI is InChI=1S/C30H41ClN4O2.2C2HF3O2/c31-25-12-14-26(15-13-25)37-22-29-34-30-27(35(29)18-4-8-23-6-2-16-32-20-23)10-1-11-28(30)36-19-5-9-24-7-3-17-33-21-24;2*3-2(4,5)1(6)7/h1,10-15,23-24,32-33H,2-9,16-22H2;2*(H,6,7)/t23-,24+;;/m1../s1. The van der Waals surface area contributed by atoms with Crippen molar-refractivity contribution in [2.45, 2.75) is 76.9 Å². The summed E-state index contributed by atoms with van der Waals surface area (Å²) in [5, 5.41) is 23.2. The number of aliphatic carboxylic acids is 2. The third-order valence-corrected chi connectivity index (χ3v) is 8.77. The number of para-hydroxylation sites is 1. The van der Waals surface area contributed by atoms with Crippen LogP contribution in [0.15, 0.2) is 42.5 Å². The van der Waals surface area contributed by atoms with Crippen LogP contribution in [0.5, 0.6) is 11.5 Å². The number of rotatable bonds is 12. The molecule has 2 aromatic carbocycles. The number of carboxylic acids is 2. The smallest absolute Gasteiger partial charge is 0.430 e. The second-order valence-electron chi connectivity index (χ2n) is 12.4. The van der Waals surface area contributed by atoms with Crippen LogP contribution >= 0.6 is 11.6 Å². The number of hydrogen-bond acceptors (Lipinski definition) is 7. The number of aromatic nitrogens is 2. The van der Waals surface area contributed by atoms with Crippen LogP contribution in [0.4, 0.5) is 26.3 Å². The fraction of sp³-hybridized carbons (Fsp3) is 0.559. The summed E-state index contributed by atoms with van der Waals surface area (Å²) >= 11 is 6.05. The Hall–Kier alpha value is -3.76. The van der Waals surface area contributed by atoms with Crippen LogP contribution in [0.2, 0.25) is 5.02 Å². The molecule has 0 unspecified atom stereocenters. The Balaban J connectivity index is 0.000000424. The van der Waals surface area contributed by atoms with Crippen molar-refractivity contribution >= 4 is 34.6 Å². The van der Waals surface area contributed by atoms with Crippen LogP contribution < -0.4 is 30.3 Å². The molecule has 17 heteroatoms. The molecule has 3 heterocycles. The van der Waals surface area contributed by atoms with Gasteiger partial charge >= 0.3 is 12.4 Å². The van der Waals surface area contributed by atoms with E-state index in [9.17, 15) is 26.3 Å². The normalized spacial score (nSPS) is 17.8. The number of nitrogens with zero attached hydrogens (tertiary/aromatic N) is 2. The maximum atomic E-state index is 10.5. The molecule has 2 atom stereocenters. The molecule has 51 heavy (non-hydrogen) atoms. The Labute approximate surface area is 296 Å². The van der Waals surface area contributed by atoms with Crippen LogP contribution in [0.25, 0.3) is 11.0 Å². The number of ether oxygens (including phenoxy) is 2. The molecule has 1 aromatic heterocycles. The van der Waals surface area contributed by atoms with E-state index in [2.05, 4.69) is 33.4 Å². The molecule has 0 spiro atoms. The van der Waals surface area contributed by atoms with Gasteiger partial charge in [-0.3, -0.25) is 0 Å². The van der Waals surface area contributed by atoms with E-state index < -0.39 is 24.3 Å². The van der Waals surface area contributed by atoms with Crippen molar-refractivity contribution in [1.82, 2.24) is 9.55 Å². The van der Waals surface area contributed by atoms with Crippen LogP contribution in [0.3, 0.4) is 0 Å². The lowest BCUT2D eigenvalue weighted by Gasteiger charge is -2.20. The number of aryl methyl sites for hydroxylation is 1. The summed E-state index contributed by atoms with van der Waals surface area (Å²) < 4.78 is 77.9. The predicted molar refractivity (Wildman–Crippen MR) is 170 cm³/mol. The minimum atomic E-state index is -5.19. The van der Waals surface area contributed by atoms with Crippen molar-refractivity contribution in [3.63, 3.8) is 0 Å². The van der Waals surface area contributed by atoms with Crippen molar-refractivity contribution in [3.05, 3.63) is 53.3 Å². The Bertz CT molecular complexity index is 1480. The fourth-order valence-electron chi connectivity index (χ4n) is 5.99. The highest BCUT2D eigenvalue weighted by Crippen LogP contribution is 2.29. The molecule has 0 bridgehead atoms. The molecule has 0 aliphatic carbocycles. The number of piperidine rings is 2. The van der Waals surface area contributed by atoms with E-state index in [1.807, 2.05) is 24.3 Å². The molecule has 284 valence electrons. The maximum absolute atomic E-state index is 10.5. The third kappa shape index (κ3) is 14.8. The molecule has 2 aliphatic rings. The molecular weight excluding hydrogens is 710 g/mol. The largest absolute Gasteiger partial charge is 0.542 e. The molecule has 0 amide bonds. The lowest BCUT2D eigenvalue weighted by Crippen LogP contribution is -2.87. The third-order valence-electron chi connectivity index (χ3n) is 8.52. The number of alkyl halides is 6. The number of halogens is 7. The monoisotopic (exact) mass is 752 g/mol. The highest BCUT2D eigenvalue weighted by Gasteiger charge is 2.29. The van der Waals surface area contributed by atoms with Gasteiger partial charge < -0.3 is 44.5 Å². The van der Waals surface area contributed by atoms with Gasteiger partial charge in [0.15, 0.2) is 0 Å². The van der Waals surface area contributed by atoms with E-state index >= 15 is 0 Å². The Kier molecular flexibility index (Phi) is 16.6. The molecule has 10 nitrogen and oxygen atoms in total. The van der Waals surface area contributed by atoms with Gasteiger partial charge in [0.1, 0.15) is 41.4 Å². The highest BCUT2D eigenvalue weighted by atomic mass is 35.5. The van der Waals surface area contributed by atoms with Gasteiger partial charge in [-0.25, -0.2) is 4.98 Å². The zero-order valence-electron chi connectivity index (χ0n) is 27.9. The van der Waals surface area contributed by atoms with Gasteiger partial charge in [0.2, 0.25) is 0 Å². The minimum Gasteiger partial charge on any atom is -0.542 e. The van der Waals surface area contributed by atoms with Crippen molar-refractivity contribution in [1.29, 1.82) is 0 Å². The summed E-state index contributed by atoms with van der Waals surface area (Å²) in [6, 6.07) is 13.9. The number of nitrogens with two attached hydrogens (primary N) is 2. The van der Waals surface area contributed by atoms with Gasteiger partial charge in [0.25, 0.3) is 0 Å². The molecule has 3 aromatic rings. The Morgan fingerprint density at radius 2 is 1.39 bits per heavy atom. The number of imidazole rings is 1. The number of fused-ring (bicyclic) bond motifs is 1. The van der Waals surface area contributed by atoms with Gasteiger partial charge in [-0.15, -0.1) is 0 Å². The second kappa shape index (κ2) is 20.3. The molecule has 2 aliphatic heterocycles. The van der Waals surface area contributed by atoms with Crippen molar-refractivity contribution < 1.29 is 66.3 Å². The quantitative estimate of drug-likeness (QED) is 0.214. The average Bonchev–Trinajstić information content (AvgIpc) is 3.45. The van der Waals surface area contributed by atoms with Crippen LogP contribution in [0.1, 0.15) is 57.2 Å². The lowest BCUT2D eigenvalue weighted by atomic mass is 9.95. The summed E-state index contributed by atoms with van der Waals surface area (Å²) in [7, 11) is 0. The average molecular weight is 753 g/mol. The van der Waals surface area contributed by atoms with E-state index in [4.69, 9.17) is 45.9 Å². The molecule has 5 rings (SSSR count). The van der Waals surface area contributed by atoms with Crippen LogP contribution in [-0.2, 0) is 22.7 Å². The van der Waals surface area contributed by atoms with Gasteiger partial charge in [-0.1, -0.05) is 17.7 Å². The van der Waals surface area contributed by atoms with E-state index in [0.717, 1.165) is 66.2 Å². The van der Waals surface area contributed by atoms with E-state index in [0.29, 0.717) is 11.6 Å². The van der Waals surface area contributed by atoms with Gasteiger partial charge in [-0.2, -0.15) is 26.3 Å². The second-order valence-corrected chi connectivity index (χ2v) is 12.8. The van der Waals surface area contributed by atoms with Crippen LogP contribution in [0, 0.1) is 11.8 Å². The van der Waals surface area contributed by atoms with Gasteiger partial charge in [0.05, 0.1) is 38.3 Å². The molecule has 2 fully saturated rings. The lowest BCUT2D eigenvalue weighted by molar-refractivity contribution is -0.669. The highest BCUT2D eigenvalue weighted by molar-refractivity contribution is 6.30. The zero-order chi connectivity index (χ0) is 37.4. The van der Waals surface area contributed by atoms with E-state index in [-0.39, 0.29) is 0 Å². The first-order valence-corrected chi connectivity index (χ1v) is 17.2. The van der Waals surface area contributed by atoms with Crippen molar-refractivity contribution in [2.24, 2.45) is 11.8 Å². The van der Waals surface area contributed by atoms with Gasteiger partial charge in [-0.05, 0) is 87.8 Å². The van der Waals surface area contributed by atoms with E-state index in [1.54, 1.807) is 0 Å². The first kappa shape index (κ1) is 41.7. The predicted octanol–water partition coefficient (Wildman–Crippen LogP) is 2.75. The molecule has 0 saturated carbocycles. The number of carboxylic acid groups (broad SMARTS) is 2. The first-order valence-electron chi connectivity index (χ1n) is 16.8. The number of benzene rings is 2. The number of hydrogen-bond donors (Lipinski definition) is 2. The van der Waals surface area contributed by atoms with Crippen molar-refractivity contribution in [2.75, 3.05) is 32.8 Å². The molecular formula is C34H43ClF6N4O6.